The number of nitrogens with zero attached hydrogens (tertiary/aromatic N) is 1. The SMILES string of the molecule is COc1ccc(N(C)CBr)c(C)c1C. The summed E-state index contributed by atoms with van der Waals surface area (Å²) in [5.41, 5.74) is 4.55. The molecule has 0 unspecified atom stereocenters. The minimum atomic E-state index is 0.833. The standard InChI is InChI=1S/C11H16BrNO/c1-8-9(2)11(14-4)6-5-10(8)13(3)7-12/h5-6H,7H2,1-4H3. The van der Waals surface area contributed by atoms with E-state index in [1.807, 2.05) is 6.07 Å². The summed E-state index contributed by atoms with van der Waals surface area (Å²) in [6.45, 7) is 4.20. The van der Waals surface area contributed by atoms with Crippen LogP contribution in [0.25, 0.3) is 0 Å². The van der Waals surface area contributed by atoms with E-state index in [4.69, 9.17) is 4.74 Å². The largest absolute Gasteiger partial charge is 0.496 e. The number of ether oxygens (including phenoxy) is 1. The Morgan fingerprint density at radius 2 is 1.93 bits per heavy atom. The maximum Gasteiger partial charge on any atom is 0.122 e. The van der Waals surface area contributed by atoms with E-state index in [-0.39, 0.29) is 0 Å². The predicted octanol–water partition coefficient (Wildman–Crippen LogP) is 3.10. The van der Waals surface area contributed by atoms with Crippen LogP contribution in [-0.4, -0.2) is 19.6 Å². The highest BCUT2D eigenvalue weighted by molar-refractivity contribution is 9.09. The molecule has 0 heterocycles. The zero-order chi connectivity index (χ0) is 10.7. The van der Waals surface area contributed by atoms with Gasteiger partial charge in [-0.25, -0.2) is 0 Å². The Balaban J connectivity index is 3.17. The zero-order valence-corrected chi connectivity index (χ0v) is 10.7. The van der Waals surface area contributed by atoms with Crippen LogP contribution < -0.4 is 9.64 Å². The Morgan fingerprint density at radius 1 is 1.29 bits per heavy atom. The molecular weight excluding hydrogens is 242 g/mol. The number of hydrogen-bond acceptors (Lipinski definition) is 2. The number of rotatable bonds is 3. The lowest BCUT2D eigenvalue weighted by Crippen LogP contribution is -2.15. The lowest BCUT2D eigenvalue weighted by molar-refractivity contribution is 0.411. The smallest absolute Gasteiger partial charge is 0.122 e. The first kappa shape index (κ1) is 11.4. The number of methoxy groups -OCH3 is 1. The number of halogens is 1. The Kier molecular flexibility index (Phi) is 3.81. The molecule has 0 N–H and O–H groups in total. The van der Waals surface area contributed by atoms with Crippen LogP contribution in [0, 0.1) is 13.8 Å². The molecule has 1 aromatic rings. The maximum absolute atomic E-state index is 5.26. The van der Waals surface area contributed by atoms with Crippen molar-refractivity contribution in [3.63, 3.8) is 0 Å². The molecule has 1 aromatic carbocycles. The quantitative estimate of drug-likeness (QED) is 0.610. The van der Waals surface area contributed by atoms with Crippen molar-refractivity contribution in [3.8, 4) is 5.75 Å². The summed E-state index contributed by atoms with van der Waals surface area (Å²) in [6, 6.07) is 4.10. The average molecular weight is 258 g/mol. The molecule has 0 aliphatic carbocycles. The molecule has 0 amide bonds. The number of hydrogen-bond donors (Lipinski definition) is 0. The molecule has 0 saturated heterocycles. The monoisotopic (exact) mass is 257 g/mol. The maximum atomic E-state index is 5.26. The molecule has 0 aliphatic rings. The molecule has 0 bridgehead atoms. The highest BCUT2D eigenvalue weighted by Gasteiger charge is 2.08. The zero-order valence-electron chi connectivity index (χ0n) is 9.10. The van der Waals surface area contributed by atoms with Gasteiger partial charge in [0.15, 0.2) is 0 Å². The Hall–Kier alpha value is -0.700. The molecule has 78 valence electrons. The van der Waals surface area contributed by atoms with Gasteiger partial charge < -0.3 is 9.64 Å². The number of benzene rings is 1. The lowest BCUT2D eigenvalue weighted by atomic mass is 10.1. The molecule has 0 saturated carbocycles. The summed E-state index contributed by atoms with van der Waals surface area (Å²) in [5.74, 6) is 0.953. The van der Waals surface area contributed by atoms with Crippen LogP contribution in [0.2, 0.25) is 0 Å². The Morgan fingerprint density at radius 3 is 2.43 bits per heavy atom. The molecular formula is C11H16BrNO. The van der Waals surface area contributed by atoms with E-state index in [0.29, 0.717) is 0 Å². The van der Waals surface area contributed by atoms with Gasteiger partial charge in [-0.1, -0.05) is 15.9 Å². The van der Waals surface area contributed by atoms with E-state index in [9.17, 15) is 0 Å². The van der Waals surface area contributed by atoms with Gasteiger partial charge in [-0.05, 0) is 37.1 Å². The van der Waals surface area contributed by atoms with Gasteiger partial charge in [0.2, 0.25) is 0 Å². The van der Waals surface area contributed by atoms with E-state index in [0.717, 1.165) is 11.2 Å². The van der Waals surface area contributed by atoms with Crippen LogP contribution in [0.1, 0.15) is 11.1 Å². The fraction of sp³-hybridized carbons (Fsp3) is 0.455. The van der Waals surface area contributed by atoms with E-state index in [1.54, 1.807) is 7.11 Å². The highest BCUT2D eigenvalue weighted by atomic mass is 79.9. The summed E-state index contributed by atoms with van der Waals surface area (Å²) in [5, 5.41) is 0. The van der Waals surface area contributed by atoms with Crippen molar-refractivity contribution in [1.29, 1.82) is 0 Å². The van der Waals surface area contributed by atoms with Crippen LogP contribution in [0.4, 0.5) is 5.69 Å². The first-order valence-electron chi connectivity index (χ1n) is 4.53. The predicted molar refractivity (Wildman–Crippen MR) is 64.7 cm³/mol. The number of alkyl halides is 1. The lowest BCUT2D eigenvalue weighted by Gasteiger charge is -2.20. The molecule has 14 heavy (non-hydrogen) atoms. The fourth-order valence-electron chi connectivity index (χ4n) is 1.48. The molecule has 0 atom stereocenters. The average Bonchev–Trinajstić information content (AvgIpc) is 2.21. The summed E-state index contributed by atoms with van der Waals surface area (Å²) in [4.78, 5) is 2.15. The molecule has 0 aliphatic heterocycles. The summed E-state index contributed by atoms with van der Waals surface area (Å²) >= 11 is 3.44. The van der Waals surface area contributed by atoms with Gasteiger partial charge in [0.05, 0.1) is 12.6 Å². The van der Waals surface area contributed by atoms with Gasteiger partial charge in [0.25, 0.3) is 0 Å². The molecule has 1 rings (SSSR count). The van der Waals surface area contributed by atoms with Crippen molar-refractivity contribution >= 4 is 21.6 Å². The van der Waals surface area contributed by atoms with Gasteiger partial charge in [0.1, 0.15) is 5.75 Å². The van der Waals surface area contributed by atoms with Gasteiger partial charge >= 0.3 is 0 Å². The van der Waals surface area contributed by atoms with Crippen LogP contribution in [0.15, 0.2) is 12.1 Å². The van der Waals surface area contributed by atoms with E-state index in [1.165, 1.54) is 16.8 Å². The molecule has 0 fully saturated rings. The molecule has 0 radical (unpaired) electrons. The Bertz CT molecular complexity index is 325. The normalized spacial score (nSPS) is 10.1. The van der Waals surface area contributed by atoms with Crippen molar-refractivity contribution in [2.45, 2.75) is 13.8 Å². The third-order valence-corrected chi connectivity index (χ3v) is 3.27. The van der Waals surface area contributed by atoms with E-state index in [2.05, 4.69) is 47.8 Å². The second-order valence-electron chi connectivity index (χ2n) is 3.35. The minimum absolute atomic E-state index is 0.833. The van der Waals surface area contributed by atoms with Crippen LogP contribution in [-0.2, 0) is 0 Å². The van der Waals surface area contributed by atoms with E-state index >= 15 is 0 Å². The number of anilines is 1. The van der Waals surface area contributed by atoms with Gasteiger partial charge in [0, 0.05) is 12.7 Å². The summed E-state index contributed by atoms with van der Waals surface area (Å²) in [7, 11) is 3.76. The minimum Gasteiger partial charge on any atom is -0.496 e. The van der Waals surface area contributed by atoms with Gasteiger partial charge in [-0.3, -0.25) is 0 Å². The first-order valence-corrected chi connectivity index (χ1v) is 5.65. The van der Waals surface area contributed by atoms with Crippen LogP contribution >= 0.6 is 15.9 Å². The second kappa shape index (κ2) is 4.69. The Labute approximate surface area is 94.0 Å². The van der Waals surface area contributed by atoms with Crippen LogP contribution in [0.5, 0.6) is 5.75 Å². The van der Waals surface area contributed by atoms with Crippen molar-refractivity contribution in [2.75, 3.05) is 24.5 Å². The molecule has 0 spiro atoms. The highest BCUT2D eigenvalue weighted by Crippen LogP contribution is 2.29. The van der Waals surface area contributed by atoms with Crippen molar-refractivity contribution < 1.29 is 4.74 Å². The van der Waals surface area contributed by atoms with Crippen molar-refractivity contribution in [1.82, 2.24) is 0 Å². The summed E-state index contributed by atoms with van der Waals surface area (Å²) < 4.78 is 5.26. The molecule has 2 nitrogen and oxygen atoms in total. The molecule has 3 heteroatoms. The molecule has 0 aromatic heterocycles. The van der Waals surface area contributed by atoms with Gasteiger partial charge in [-0.2, -0.15) is 0 Å². The second-order valence-corrected chi connectivity index (χ2v) is 3.86. The third kappa shape index (κ3) is 2.03. The summed E-state index contributed by atoms with van der Waals surface area (Å²) in [6.07, 6.45) is 0. The fourth-order valence-corrected chi connectivity index (χ4v) is 1.75. The van der Waals surface area contributed by atoms with Crippen LogP contribution in [0.3, 0.4) is 0 Å². The van der Waals surface area contributed by atoms with Gasteiger partial charge in [-0.15, -0.1) is 0 Å². The third-order valence-electron chi connectivity index (χ3n) is 2.52. The van der Waals surface area contributed by atoms with E-state index < -0.39 is 0 Å². The van der Waals surface area contributed by atoms with Crippen molar-refractivity contribution in [2.24, 2.45) is 0 Å². The topological polar surface area (TPSA) is 12.5 Å². The first-order chi connectivity index (χ1) is 6.61. The van der Waals surface area contributed by atoms with Crippen molar-refractivity contribution in [3.05, 3.63) is 23.3 Å².